The summed E-state index contributed by atoms with van der Waals surface area (Å²) in [5.74, 6) is 0.616. The molecule has 144 valence electrons. The molecule has 0 aliphatic carbocycles. The van der Waals surface area contributed by atoms with Crippen LogP contribution >= 0.6 is 0 Å². The summed E-state index contributed by atoms with van der Waals surface area (Å²) < 4.78 is 7.98. The number of anilines is 3. The molecule has 0 amide bonds. The third-order valence-corrected chi connectivity index (χ3v) is 5.23. The highest BCUT2D eigenvalue weighted by Gasteiger charge is 2.15. The fourth-order valence-electron chi connectivity index (χ4n) is 3.80. The maximum atomic E-state index is 6.21. The second-order valence-electron chi connectivity index (χ2n) is 7.16. The van der Waals surface area contributed by atoms with E-state index >= 15 is 0 Å². The molecule has 3 aromatic heterocycles. The average molecular weight is 391 g/mol. The minimum absolute atomic E-state index is 0.616. The van der Waals surface area contributed by atoms with Gasteiger partial charge in [-0.15, -0.1) is 0 Å². The lowest BCUT2D eigenvalue weighted by atomic mass is 10.1. The summed E-state index contributed by atoms with van der Waals surface area (Å²) in [6.07, 6.45) is 1.76. The van der Waals surface area contributed by atoms with E-state index in [0.717, 1.165) is 44.4 Å². The number of para-hydroxylation sites is 2. The Labute approximate surface area is 171 Å². The Kier molecular flexibility index (Phi) is 3.52. The molecule has 3 N–H and O–H groups in total. The molecule has 6 rings (SSSR count). The van der Waals surface area contributed by atoms with Gasteiger partial charge in [0.2, 0.25) is 5.95 Å². The molecule has 0 atom stereocenters. The van der Waals surface area contributed by atoms with E-state index in [2.05, 4.69) is 22.5 Å². The van der Waals surface area contributed by atoms with E-state index in [9.17, 15) is 0 Å². The van der Waals surface area contributed by atoms with Crippen molar-refractivity contribution >= 4 is 44.8 Å². The summed E-state index contributed by atoms with van der Waals surface area (Å²) in [6.45, 7) is 0. The summed E-state index contributed by atoms with van der Waals surface area (Å²) in [7, 11) is 0. The molecule has 6 nitrogen and oxygen atoms in total. The fraction of sp³-hybridized carbons (Fsp3) is 0. The first-order valence-electron chi connectivity index (χ1n) is 9.64. The van der Waals surface area contributed by atoms with E-state index < -0.39 is 0 Å². The molecular weight excluding hydrogens is 374 g/mol. The van der Waals surface area contributed by atoms with Gasteiger partial charge < -0.3 is 15.5 Å². The van der Waals surface area contributed by atoms with Crippen LogP contribution in [0.1, 0.15) is 0 Å². The van der Waals surface area contributed by atoms with Gasteiger partial charge in [-0.05, 0) is 48.5 Å². The minimum Gasteiger partial charge on any atom is -0.455 e. The Bertz CT molecular complexity index is 1530. The molecule has 0 aliphatic rings. The zero-order valence-corrected chi connectivity index (χ0v) is 15.9. The molecule has 0 aliphatic heterocycles. The Morgan fingerprint density at radius 1 is 0.867 bits per heavy atom. The van der Waals surface area contributed by atoms with E-state index in [0.29, 0.717) is 11.6 Å². The quantitative estimate of drug-likeness (QED) is 0.383. The molecule has 3 aromatic carbocycles. The summed E-state index contributed by atoms with van der Waals surface area (Å²) in [5, 5.41) is 9.93. The molecular formula is C24H17N5O. The first-order chi connectivity index (χ1) is 14.8. The van der Waals surface area contributed by atoms with Crippen LogP contribution in [0.2, 0.25) is 0 Å². The maximum absolute atomic E-state index is 6.21. The monoisotopic (exact) mass is 391 g/mol. The normalized spacial score (nSPS) is 11.5. The lowest BCUT2D eigenvalue weighted by molar-refractivity contribution is 0.670. The zero-order valence-electron chi connectivity index (χ0n) is 15.9. The van der Waals surface area contributed by atoms with Gasteiger partial charge in [-0.25, -0.2) is 9.50 Å². The number of benzene rings is 3. The molecule has 0 fully saturated rings. The number of furan rings is 1. The number of hydrogen-bond acceptors (Lipinski definition) is 5. The number of hydrogen-bond donors (Lipinski definition) is 2. The Morgan fingerprint density at radius 2 is 1.70 bits per heavy atom. The fourth-order valence-corrected chi connectivity index (χ4v) is 3.80. The van der Waals surface area contributed by atoms with E-state index in [4.69, 9.17) is 15.1 Å². The van der Waals surface area contributed by atoms with Gasteiger partial charge in [-0.1, -0.05) is 30.3 Å². The van der Waals surface area contributed by atoms with Crippen LogP contribution in [0, 0.1) is 0 Å². The van der Waals surface area contributed by atoms with Gasteiger partial charge in [0.05, 0.1) is 17.4 Å². The first kappa shape index (κ1) is 16.6. The van der Waals surface area contributed by atoms with Gasteiger partial charge >= 0.3 is 0 Å². The molecule has 0 unspecified atom stereocenters. The summed E-state index contributed by atoms with van der Waals surface area (Å²) in [6, 6.07) is 25.7. The number of aromatic nitrogens is 3. The van der Waals surface area contributed by atoms with Gasteiger partial charge in [-0.2, -0.15) is 5.10 Å². The van der Waals surface area contributed by atoms with Crippen molar-refractivity contribution < 1.29 is 4.42 Å². The van der Waals surface area contributed by atoms with Gasteiger partial charge in [0.1, 0.15) is 11.2 Å². The van der Waals surface area contributed by atoms with Crippen molar-refractivity contribution in [2.24, 2.45) is 0 Å². The second kappa shape index (κ2) is 6.35. The van der Waals surface area contributed by atoms with Crippen molar-refractivity contribution in [3.05, 3.63) is 85.1 Å². The average Bonchev–Trinajstić information content (AvgIpc) is 3.39. The van der Waals surface area contributed by atoms with Crippen molar-refractivity contribution in [2.45, 2.75) is 0 Å². The molecule has 6 heteroatoms. The van der Waals surface area contributed by atoms with Gasteiger partial charge in [-0.3, -0.25) is 0 Å². The number of nitrogens with one attached hydrogen (secondary N) is 1. The largest absolute Gasteiger partial charge is 0.455 e. The smallest absolute Gasteiger partial charge is 0.229 e. The van der Waals surface area contributed by atoms with Crippen LogP contribution in [0.5, 0.6) is 0 Å². The third kappa shape index (κ3) is 2.58. The lowest BCUT2D eigenvalue weighted by Gasteiger charge is -2.11. The summed E-state index contributed by atoms with van der Waals surface area (Å²) >= 11 is 0. The number of rotatable bonds is 3. The van der Waals surface area contributed by atoms with E-state index in [1.165, 1.54) is 0 Å². The van der Waals surface area contributed by atoms with Crippen LogP contribution < -0.4 is 11.1 Å². The minimum atomic E-state index is 0.616. The van der Waals surface area contributed by atoms with E-state index in [1.54, 1.807) is 10.7 Å². The highest BCUT2D eigenvalue weighted by Crippen LogP contribution is 2.35. The highest BCUT2D eigenvalue weighted by atomic mass is 16.3. The Balaban J connectivity index is 1.56. The number of nitrogens with zero attached hydrogens (tertiary/aromatic N) is 3. The lowest BCUT2D eigenvalue weighted by Crippen LogP contribution is -2.04. The molecule has 0 saturated heterocycles. The van der Waals surface area contributed by atoms with Crippen LogP contribution in [-0.2, 0) is 0 Å². The summed E-state index contributed by atoms with van der Waals surface area (Å²) in [5.41, 5.74) is 11.8. The number of nitrogen functional groups attached to an aromatic ring is 1. The molecule has 3 heterocycles. The standard InChI is InChI=1S/C24H17N5O/c25-15-8-10-16(11-9-15)27-24-28-21(14-17-12-13-26-29(17)24)20-6-3-5-19-18-4-1-2-7-22(18)30-23(19)20/h1-14H,25H2,(H,27,28). The third-order valence-electron chi connectivity index (χ3n) is 5.23. The zero-order chi connectivity index (χ0) is 20.1. The van der Waals surface area contributed by atoms with E-state index in [1.807, 2.05) is 66.7 Å². The van der Waals surface area contributed by atoms with Gasteiger partial charge in [0.25, 0.3) is 0 Å². The van der Waals surface area contributed by atoms with Crippen molar-refractivity contribution in [1.29, 1.82) is 0 Å². The van der Waals surface area contributed by atoms with Crippen LogP contribution in [0.25, 0.3) is 38.7 Å². The van der Waals surface area contributed by atoms with Crippen LogP contribution in [-0.4, -0.2) is 14.6 Å². The molecule has 0 radical (unpaired) electrons. The first-order valence-corrected chi connectivity index (χ1v) is 9.64. The molecule has 30 heavy (non-hydrogen) atoms. The van der Waals surface area contributed by atoms with Gasteiger partial charge in [0.15, 0.2) is 0 Å². The predicted octanol–water partition coefficient (Wildman–Crippen LogP) is 5.62. The maximum Gasteiger partial charge on any atom is 0.229 e. The second-order valence-corrected chi connectivity index (χ2v) is 7.16. The van der Waals surface area contributed by atoms with Crippen LogP contribution in [0.15, 0.2) is 89.5 Å². The van der Waals surface area contributed by atoms with Crippen molar-refractivity contribution in [2.75, 3.05) is 11.1 Å². The van der Waals surface area contributed by atoms with Crippen molar-refractivity contribution in [1.82, 2.24) is 14.6 Å². The molecule has 0 saturated carbocycles. The van der Waals surface area contributed by atoms with Gasteiger partial charge in [0, 0.05) is 27.7 Å². The van der Waals surface area contributed by atoms with E-state index in [-0.39, 0.29) is 0 Å². The molecule has 6 aromatic rings. The summed E-state index contributed by atoms with van der Waals surface area (Å²) in [4.78, 5) is 4.88. The molecule has 0 bridgehead atoms. The van der Waals surface area contributed by atoms with Crippen LogP contribution in [0.3, 0.4) is 0 Å². The van der Waals surface area contributed by atoms with Crippen molar-refractivity contribution in [3.63, 3.8) is 0 Å². The number of fused-ring (bicyclic) bond motifs is 4. The SMILES string of the molecule is Nc1ccc(Nc2nc(-c3cccc4c3oc3ccccc34)cc3ccnn23)cc1. The molecule has 0 spiro atoms. The topological polar surface area (TPSA) is 81.4 Å². The highest BCUT2D eigenvalue weighted by molar-refractivity contribution is 6.09. The number of nitrogens with two attached hydrogens (primary N) is 1. The van der Waals surface area contributed by atoms with Crippen molar-refractivity contribution in [3.8, 4) is 11.3 Å². The Hall–Kier alpha value is -4.32. The Morgan fingerprint density at radius 3 is 2.60 bits per heavy atom. The van der Waals surface area contributed by atoms with Crippen LogP contribution in [0.4, 0.5) is 17.3 Å². The predicted molar refractivity (Wildman–Crippen MR) is 120 cm³/mol.